The first-order valence-corrected chi connectivity index (χ1v) is 6.00. The van der Waals surface area contributed by atoms with Crippen molar-refractivity contribution in [3.63, 3.8) is 0 Å². The minimum absolute atomic E-state index is 0.247. The number of aliphatic carboxylic acids is 1. The van der Waals surface area contributed by atoms with Crippen molar-refractivity contribution in [2.75, 3.05) is 19.7 Å². The minimum atomic E-state index is -0.721. The van der Waals surface area contributed by atoms with Crippen LogP contribution in [0, 0.1) is 0 Å². The number of carboxylic acid groups (broad SMARTS) is 1. The van der Waals surface area contributed by atoms with Crippen LogP contribution in [0.1, 0.15) is 40.5 Å². The van der Waals surface area contributed by atoms with Crippen molar-refractivity contribution in [3.05, 3.63) is 0 Å². The number of morpholine rings is 1. The standard InChI is InChI=1S/C12H23NO3/c1-5-12(6-2,10(14)15)13-7-8-16-11(3,4)9-13/h5-9H2,1-4H3,(H,14,15). The molecule has 0 atom stereocenters. The van der Waals surface area contributed by atoms with E-state index in [9.17, 15) is 9.90 Å². The van der Waals surface area contributed by atoms with E-state index >= 15 is 0 Å². The van der Waals surface area contributed by atoms with Gasteiger partial charge in [0.1, 0.15) is 5.54 Å². The fraction of sp³-hybridized carbons (Fsp3) is 0.917. The van der Waals surface area contributed by atoms with Gasteiger partial charge in [-0.05, 0) is 26.7 Å². The molecule has 0 saturated carbocycles. The van der Waals surface area contributed by atoms with Gasteiger partial charge in [0.25, 0.3) is 0 Å². The Morgan fingerprint density at radius 1 is 1.44 bits per heavy atom. The van der Waals surface area contributed by atoms with E-state index in [4.69, 9.17) is 4.74 Å². The van der Waals surface area contributed by atoms with Gasteiger partial charge >= 0.3 is 5.97 Å². The molecule has 1 fully saturated rings. The monoisotopic (exact) mass is 229 g/mol. The maximum absolute atomic E-state index is 11.5. The van der Waals surface area contributed by atoms with Crippen molar-refractivity contribution in [2.45, 2.75) is 51.7 Å². The molecule has 0 aromatic rings. The molecular weight excluding hydrogens is 206 g/mol. The number of hydrogen-bond acceptors (Lipinski definition) is 3. The van der Waals surface area contributed by atoms with Gasteiger partial charge in [-0.15, -0.1) is 0 Å². The second kappa shape index (κ2) is 4.72. The molecule has 4 heteroatoms. The van der Waals surface area contributed by atoms with Crippen molar-refractivity contribution in [2.24, 2.45) is 0 Å². The van der Waals surface area contributed by atoms with Crippen molar-refractivity contribution < 1.29 is 14.6 Å². The highest BCUT2D eigenvalue weighted by Gasteiger charge is 2.44. The van der Waals surface area contributed by atoms with Crippen molar-refractivity contribution >= 4 is 5.97 Å². The fourth-order valence-electron chi connectivity index (χ4n) is 2.52. The lowest BCUT2D eigenvalue weighted by molar-refractivity contribution is -0.164. The lowest BCUT2D eigenvalue weighted by Gasteiger charge is -2.46. The molecule has 1 heterocycles. The smallest absolute Gasteiger partial charge is 0.324 e. The second-order valence-corrected chi connectivity index (χ2v) is 5.07. The highest BCUT2D eigenvalue weighted by atomic mass is 16.5. The van der Waals surface area contributed by atoms with E-state index in [0.717, 1.165) is 0 Å². The summed E-state index contributed by atoms with van der Waals surface area (Å²) in [6.45, 7) is 9.91. The van der Waals surface area contributed by atoms with Crippen LogP contribution in [0.5, 0.6) is 0 Å². The van der Waals surface area contributed by atoms with Crippen molar-refractivity contribution in [1.82, 2.24) is 4.90 Å². The normalized spacial score (nSPS) is 22.0. The van der Waals surface area contributed by atoms with Crippen LogP contribution < -0.4 is 0 Å². The van der Waals surface area contributed by atoms with Gasteiger partial charge in [0.2, 0.25) is 0 Å². The molecule has 0 unspecified atom stereocenters. The predicted molar refractivity (Wildman–Crippen MR) is 62.6 cm³/mol. The first-order chi connectivity index (χ1) is 7.38. The molecule has 1 rings (SSSR count). The summed E-state index contributed by atoms with van der Waals surface area (Å²) in [4.78, 5) is 13.6. The molecule has 1 saturated heterocycles. The molecule has 0 amide bonds. The molecule has 4 nitrogen and oxygen atoms in total. The van der Waals surface area contributed by atoms with Gasteiger partial charge in [-0.3, -0.25) is 9.69 Å². The van der Waals surface area contributed by atoms with E-state index in [1.807, 2.05) is 27.7 Å². The summed E-state index contributed by atoms with van der Waals surface area (Å²) in [6.07, 6.45) is 1.27. The predicted octanol–water partition coefficient (Wildman–Crippen LogP) is 1.74. The van der Waals surface area contributed by atoms with Gasteiger partial charge in [0.05, 0.1) is 12.2 Å². The van der Waals surface area contributed by atoms with E-state index < -0.39 is 11.5 Å². The highest BCUT2D eigenvalue weighted by Crippen LogP contribution is 2.29. The Hall–Kier alpha value is -0.610. The Labute approximate surface area is 97.6 Å². The van der Waals surface area contributed by atoms with Gasteiger partial charge in [-0.2, -0.15) is 0 Å². The van der Waals surface area contributed by atoms with E-state index in [2.05, 4.69) is 4.90 Å². The topological polar surface area (TPSA) is 49.8 Å². The van der Waals surface area contributed by atoms with Gasteiger partial charge in [-0.1, -0.05) is 13.8 Å². The molecule has 0 aromatic carbocycles. The van der Waals surface area contributed by atoms with Crippen LogP contribution in [-0.4, -0.2) is 46.8 Å². The van der Waals surface area contributed by atoms with Crippen molar-refractivity contribution in [3.8, 4) is 0 Å². The van der Waals surface area contributed by atoms with Crippen LogP contribution in [0.25, 0.3) is 0 Å². The van der Waals surface area contributed by atoms with E-state index in [-0.39, 0.29) is 5.60 Å². The lowest BCUT2D eigenvalue weighted by Crippen LogP contribution is -2.61. The van der Waals surface area contributed by atoms with Crippen LogP contribution in [0.15, 0.2) is 0 Å². The summed E-state index contributed by atoms with van der Waals surface area (Å²) in [5, 5.41) is 9.46. The number of carboxylic acids is 1. The fourth-order valence-corrected chi connectivity index (χ4v) is 2.52. The SMILES string of the molecule is CCC(CC)(C(=O)O)N1CCOC(C)(C)C1. The molecular formula is C12H23NO3. The molecule has 0 bridgehead atoms. The Morgan fingerprint density at radius 3 is 2.38 bits per heavy atom. The molecule has 1 aliphatic rings. The number of carbonyl (C=O) groups is 1. The summed E-state index contributed by atoms with van der Waals surface area (Å²) in [5.74, 6) is -0.713. The third-order valence-electron chi connectivity index (χ3n) is 3.60. The van der Waals surface area contributed by atoms with Crippen LogP contribution >= 0.6 is 0 Å². The Morgan fingerprint density at radius 2 is 2.00 bits per heavy atom. The molecule has 16 heavy (non-hydrogen) atoms. The Balaban J connectivity index is 2.91. The molecule has 0 aliphatic carbocycles. The van der Waals surface area contributed by atoms with Gasteiger partial charge in [-0.25, -0.2) is 0 Å². The first-order valence-electron chi connectivity index (χ1n) is 6.00. The van der Waals surface area contributed by atoms with Crippen LogP contribution in [0.3, 0.4) is 0 Å². The molecule has 1 aliphatic heterocycles. The summed E-state index contributed by atoms with van der Waals surface area (Å²) in [5.41, 5.74) is -0.968. The largest absolute Gasteiger partial charge is 0.480 e. The second-order valence-electron chi connectivity index (χ2n) is 5.07. The van der Waals surface area contributed by atoms with Gasteiger partial charge < -0.3 is 9.84 Å². The van der Waals surface area contributed by atoms with E-state index in [0.29, 0.717) is 32.5 Å². The highest BCUT2D eigenvalue weighted by molar-refractivity contribution is 5.78. The first kappa shape index (κ1) is 13.5. The average molecular weight is 229 g/mol. The maximum Gasteiger partial charge on any atom is 0.324 e. The number of rotatable bonds is 4. The summed E-state index contributed by atoms with van der Waals surface area (Å²) < 4.78 is 5.62. The molecule has 0 radical (unpaired) electrons. The van der Waals surface area contributed by atoms with Crippen LogP contribution in [-0.2, 0) is 9.53 Å². The third kappa shape index (κ3) is 2.38. The third-order valence-corrected chi connectivity index (χ3v) is 3.60. The zero-order valence-corrected chi connectivity index (χ0v) is 10.7. The van der Waals surface area contributed by atoms with E-state index in [1.165, 1.54) is 0 Å². The van der Waals surface area contributed by atoms with Gasteiger partial charge in [0.15, 0.2) is 0 Å². The quantitative estimate of drug-likeness (QED) is 0.797. The van der Waals surface area contributed by atoms with E-state index in [1.54, 1.807) is 0 Å². The average Bonchev–Trinajstić information content (AvgIpc) is 2.18. The Bertz CT molecular complexity index is 259. The number of nitrogens with zero attached hydrogens (tertiary/aromatic N) is 1. The summed E-state index contributed by atoms with van der Waals surface area (Å²) in [7, 11) is 0. The zero-order chi connectivity index (χ0) is 12.4. The van der Waals surface area contributed by atoms with Crippen LogP contribution in [0.2, 0.25) is 0 Å². The van der Waals surface area contributed by atoms with Gasteiger partial charge in [0, 0.05) is 13.1 Å². The summed E-state index contributed by atoms with van der Waals surface area (Å²) in [6, 6.07) is 0. The number of hydrogen-bond donors (Lipinski definition) is 1. The Kier molecular flexibility index (Phi) is 3.97. The molecule has 94 valence electrons. The van der Waals surface area contributed by atoms with Crippen molar-refractivity contribution in [1.29, 1.82) is 0 Å². The minimum Gasteiger partial charge on any atom is -0.480 e. The maximum atomic E-state index is 11.5. The molecule has 0 aromatic heterocycles. The summed E-state index contributed by atoms with van der Waals surface area (Å²) >= 11 is 0. The lowest BCUT2D eigenvalue weighted by atomic mass is 9.88. The van der Waals surface area contributed by atoms with Crippen LogP contribution in [0.4, 0.5) is 0 Å². The molecule has 1 N–H and O–H groups in total. The molecule has 0 spiro atoms. The number of ether oxygens (including phenoxy) is 1. The zero-order valence-electron chi connectivity index (χ0n) is 10.7.